The van der Waals surface area contributed by atoms with E-state index in [9.17, 15) is 4.79 Å². The van der Waals surface area contributed by atoms with Gasteiger partial charge < -0.3 is 0 Å². The third kappa shape index (κ3) is 3.21. The fourth-order valence-electron chi connectivity index (χ4n) is 2.24. The topological polar surface area (TPSA) is 33.8 Å². The Balaban J connectivity index is 1.90. The second-order valence-electron chi connectivity index (χ2n) is 4.86. The van der Waals surface area contributed by atoms with Crippen LogP contribution in [-0.2, 0) is 6.54 Å². The smallest absolute Gasteiger partial charge is 0.231 e. The lowest BCUT2D eigenvalue weighted by atomic mass is 10.1. The van der Waals surface area contributed by atoms with Crippen LogP contribution in [0.2, 0.25) is 5.02 Å². The third-order valence-electron chi connectivity index (χ3n) is 3.35. The van der Waals surface area contributed by atoms with E-state index >= 15 is 0 Å². The highest BCUT2D eigenvalue weighted by atomic mass is 35.5. The van der Waals surface area contributed by atoms with Gasteiger partial charge >= 0.3 is 0 Å². The predicted octanol–water partition coefficient (Wildman–Crippen LogP) is 3.57. The van der Waals surface area contributed by atoms with Crippen molar-refractivity contribution in [3.63, 3.8) is 0 Å². The van der Waals surface area contributed by atoms with Crippen molar-refractivity contribution in [1.82, 2.24) is 4.98 Å². The SMILES string of the molecule is O=C(C[n+]1ccccc1-c1ccccn1)c1ccc(Cl)cc1. The van der Waals surface area contributed by atoms with Crippen LogP contribution in [0.5, 0.6) is 0 Å². The summed E-state index contributed by atoms with van der Waals surface area (Å²) in [6.07, 6.45) is 3.63. The van der Waals surface area contributed by atoms with Crippen LogP contribution in [-0.4, -0.2) is 10.8 Å². The number of aromatic nitrogens is 2. The Morgan fingerprint density at radius 3 is 2.50 bits per heavy atom. The first-order chi connectivity index (χ1) is 10.7. The summed E-state index contributed by atoms with van der Waals surface area (Å²) < 4.78 is 1.90. The minimum Gasteiger partial charge on any atom is -0.287 e. The van der Waals surface area contributed by atoms with Gasteiger partial charge in [-0.05, 0) is 42.5 Å². The summed E-state index contributed by atoms with van der Waals surface area (Å²) in [5.41, 5.74) is 2.39. The minimum absolute atomic E-state index is 0.0325. The summed E-state index contributed by atoms with van der Waals surface area (Å²) >= 11 is 5.86. The van der Waals surface area contributed by atoms with E-state index in [4.69, 9.17) is 11.6 Å². The van der Waals surface area contributed by atoms with E-state index in [0.717, 1.165) is 11.4 Å². The number of rotatable bonds is 4. The number of nitrogens with zero attached hydrogens (tertiary/aromatic N) is 2. The van der Waals surface area contributed by atoms with E-state index in [1.165, 1.54) is 0 Å². The molecule has 0 fully saturated rings. The van der Waals surface area contributed by atoms with E-state index in [0.29, 0.717) is 10.6 Å². The molecule has 0 N–H and O–H groups in total. The maximum absolute atomic E-state index is 12.4. The highest BCUT2D eigenvalue weighted by Gasteiger charge is 2.17. The zero-order valence-corrected chi connectivity index (χ0v) is 12.6. The van der Waals surface area contributed by atoms with Crippen LogP contribution in [0.4, 0.5) is 0 Å². The number of ketones is 1. The van der Waals surface area contributed by atoms with Crippen LogP contribution in [0.3, 0.4) is 0 Å². The second kappa shape index (κ2) is 6.50. The molecule has 0 aliphatic carbocycles. The van der Waals surface area contributed by atoms with Crippen LogP contribution in [0, 0.1) is 0 Å². The first-order valence-corrected chi connectivity index (χ1v) is 7.30. The summed E-state index contributed by atoms with van der Waals surface area (Å²) in [6, 6.07) is 18.5. The fourth-order valence-corrected chi connectivity index (χ4v) is 2.37. The zero-order chi connectivity index (χ0) is 15.4. The molecule has 1 aromatic carbocycles. The van der Waals surface area contributed by atoms with Gasteiger partial charge in [-0.15, -0.1) is 0 Å². The van der Waals surface area contributed by atoms with Crippen LogP contribution in [0.25, 0.3) is 11.4 Å². The Labute approximate surface area is 133 Å². The molecule has 0 amide bonds. The molecule has 0 saturated carbocycles. The molecule has 4 heteroatoms. The van der Waals surface area contributed by atoms with Crippen molar-refractivity contribution >= 4 is 17.4 Å². The summed E-state index contributed by atoms with van der Waals surface area (Å²) in [5, 5.41) is 0.623. The normalized spacial score (nSPS) is 10.4. The van der Waals surface area contributed by atoms with Crippen molar-refractivity contribution in [2.45, 2.75) is 6.54 Å². The molecule has 3 rings (SSSR count). The molecular weight excluding hydrogens is 296 g/mol. The lowest BCUT2D eigenvalue weighted by Crippen LogP contribution is -2.39. The number of carbonyl (C=O) groups excluding carboxylic acids is 1. The highest BCUT2D eigenvalue weighted by molar-refractivity contribution is 6.30. The highest BCUT2D eigenvalue weighted by Crippen LogP contribution is 2.12. The molecule has 3 nitrogen and oxygen atoms in total. The Bertz CT molecular complexity index is 786. The fraction of sp³-hybridized carbons (Fsp3) is 0.0556. The van der Waals surface area contributed by atoms with E-state index in [1.807, 2.05) is 47.2 Å². The van der Waals surface area contributed by atoms with Gasteiger partial charge in [-0.1, -0.05) is 17.7 Å². The van der Waals surface area contributed by atoms with Gasteiger partial charge in [-0.3, -0.25) is 4.79 Å². The van der Waals surface area contributed by atoms with E-state index in [2.05, 4.69) is 4.98 Å². The Hall–Kier alpha value is -2.52. The summed E-state index contributed by atoms with van der Waals surface area (Å²) in [5.74, 6) is 0.0325. The number of halogens is 1. The monoisotopic (exact) mass is 309 g/mol. The van der Waals surface area contributed by atoms with Crippen molar-refractivity contribution in [1.29, 1.82) is 0 Å². The Kier molecular flexibility index (Phi) is 4.26. The number of Topliss-reactive ketones (excluding diaryl/α,β-unsaturated/α-hetero) is 1. The quantitative estimate of drug-likeness (QED) is 0.545. The number of hydrogen-bond donors (Lipinski definition) is 0. The number of carbonyl (C=O) groups is 1. The molecule has 0 saturated heterocycles. The lowest BCUT2D eigenvalue weighted by molar-refractivity contribution is -0.672. The molecule has 0 aliphatic rings. The van der Waals surface area contributed by atoms with E-state index < -0.39 is 0 Å². The molecule has 0 unspecified atom stereocenters. The molecular formula is C18H14ClN2O+. The number of hydrogen-bond acceptors (Lipinski definition) is 2. The molecule has 2 aromatic heterocycles. The van der Waals surface area contributed by atoms with Crippen molar-refractivity contribution < 1.29 is 9.36 Å². The first-order valence-electron chi connectivity index (χ1n) is 6.93. The number of pyridine rings is 2. The lowest BCUT2D eigenvalue weighted by Gasteiger charge is -2.03. The van der Waals surface area contributed by atoms with Gasteiger partial charge in [-0.25, -0.2) is 4.98 Å². The third-order valence-corrected chi connectivity index (χ3v) is 3.60. The zero-order valence-electron chi connectivity index (χ0n) is 11.8. The second-order valence-corrected chi connectivity index (χ2v) is 5.30. The molecule has 0 spiro atoms. The molecule has 0 atom stereocenters. The van der Waals surface area contributed by atoms with Gasteiger partial charge in [0.25, 0.3) is 0 Å². The van der Waals surface area contributed by atoms with Crippen LogP contribution >= 0.6 is 11.6 Å². The summed E-state index contributed by atoms with van der Waals surface area (Å²) in [4.78, 5) is 16.8. The van der Waals surface area contributed by atoms with Crippen molar-refractivity contribution in [2.24, 2.45) is 0 Å². The molecule has 0 aliphatic heterocycles. The van der Waals surface area contributed by atoms with E-state index in [1.54, 1.807) is 30.5 Å². The summed E-state index contributed by atoms with van der Waals surface area (Å²) in [7, 11) is 0. The van der Waals surface area contributed by atoms with Gasteiger partial charge in [0.15, 0.2) is 6.20 Å². The maximum atomic E-state index is 12.4. The maximum Gasteiger partial charge on any atom is 0.231 e. The van der Waals surface area contributed by atoms with E-state index in [-0.39, 0.29) is 12.3 Å². The van der Waals surface area contributed by atoms with Gasteiger partial charge in [0.1, 0.15) is 5.69 Å². The van der Waals surface area contributed by atoms with Crippen LogP contribution in [0.1, 0.15) is 10.4 Å². The molecule has 0 radical (unpaired) electrons. The Morgan fingerprint density at radius 1 is 1.00 bits per heavy atom. The molecule has 3 aromatic rings. The molecule has 22 heavy (non-hydrogen) atoms. The van der Waals surface area contributed by atoms with Crippen LogP contribution < -0.4 is 4.57 Å². The first kappa shape index (κ1) is 14.4. The van der Waals surface area contributed by atoms with Crippen molar-refractivity contribution in [3.8, 4) is 11.4 Å². The molecule has 108 valence electrons. The standard InChI is InChI=1S/C18H14ClN2O/c19-15-9-7-14(8-10-15)18(22)13-21-12-4-2-6-17(21)16-5-1-3-11-20-16/h1-12H,13H2/q+1. The van der Waals surface area contributed by atoms with Crippen LogP contribution in [0.15, 0.2) is 73.1 Å². The van der Waals surface area contributed by atoms with Crippen molar-refractivity contribution in [3.05, 3.63) is 83.6 Å². The van der Waals surface area contributed by atoms with Gasteiger partial charge in [0, 0.05) is 28.9 Å². The Morgan fingerprint density at radius 2 is 1.77 bits per heavy atom. The van der Waals surface area contributed by atoms with Crippen molar-refractivity contribution in [2.75, 3.05) is 0 Å². The average Bonchev–Trinajstić information content (AvgIpc) is 2.57. The average molecular weight is 310 g/mol. The molecule has 0 bridgehead atoms. The summed E-state index contributed by atoms with van der Waals surface area (Å²) in [6.45, 7) is 0.258. The predicted molar refractivity (Wildman–Crippen MR) is 85.7 cm³/mol. The van der Waals surface area contributed by atoms with Gasteiger partial charge in [0.2, 0.25) is 18.0 Å². The largest absolute Gasteiger partial charge is 0.287 e. The minimum atomic E-state index is 0.0325. The van der Waals surface area contributed by atoms with Gasteiger partial charge in [-0.2, -0.15) is 4.57 Å². The van der Waals surface area contributed by atoms with Gasteiger partial charge in [0.05, 0.1) is 0 Å². The number of benzene rings is 1. The molecule has 2 heterocycles.